The van der Waals surface area contributed by atoms with E-state index >= 15 is 0 Å². The van der Waals surface area contributed by atoms with Crippen LogP contribution in [0.1, 0.15) is 11.1 Å². The summed E-state index contributed by atoms with van der Waals surface area (Å²) in [5.74, 6) is 2.35. The van der Waals surface area contributed by atoms with Crippen LogP contribution in [0.15, 0.2) is 54.6 Å². The summed E-state index contributed by atoms with van der Waals surface area (Å²) in [6.07, 6.45) is 5.44. The molecular weight excluding hydrogens is 242 g/mol. The summed E-state index contributed by atoms with van der Waals surface area (Å²) < 4.78 is 0. The Hall–Kier alpha value is -2.64. The Morgan fingerprint density at radius 3 is 2.05 bits per heavy atom. The van der Waals surface area contributed by atoms with E-state index in [2.05, 4.69) is 5.92 Å². The lowest BCUT2D eigenvalue weighted by Gasteiger charge is -2.23. The van der Waals surface area contributed by atoms with E-state index in [0.717, 1.165) is 0 Å². The highest BCUT2D eigenvalue weighted by Crippen LogP contribution is 2.29. The summed E-state index contributed by atoms with van der Waals surface area (Å²) in [4.78, 5) is 10.1. The molecule has 0 saturated carbocycles. The van der Waals surface area contributed by atoms with Crippen molar-refractivity contribution in [2.24, 2.45) is 0 Å². The average Bonchev–Trinajstić information content (AvgIpc) is 2.47. The van der Waals surface area contributed by atoms with Crippen LogP contribution in [-0.4, -0.2) is 10.0 Å². The first kappa shape index (κ1) is 12.8. The van der Waals surface area contributed by atoms with Gasteiger partial charge in [-0.25, -0.2) is 0 Å². The van der Waals surface area contributed by atoms with Crippen LogP contribution in [0.4, 0.5) is 5.69 Å². The molecule has 94 valence electrons. The SMILES string of the molecule is C#CC(O)(c1ccccc1)c1ccc([N+](=O)[O-])cc1. The molecule has 0 fully saturated rings. The molecule has 2 rings (SSSR count). The molecule has 4 nitrogen and oxygen atoms in total. The van der Waals surface area contributed by atoms with Crippen LogP contribution >= 0.6 is 0 Å². The largest absolute Gasteiger partial charge is 0.369 e. The molecule has 0 aliphatic carbocycles. The van der Waals surface area contributed by atoms with Crippen molar-refractivity contribution in [1.82, 2.24) is 0 Å². The molecule has 2 aromatic carbocycles. The zero-order chi connectivity index (χ0) is 13.9. The van der Waals surface area contributed by atoms with Crippen LogP contribution in [0.25, 0.3) is 0 Å². The number of nitrogens with zero attached hydrogens (tertiary/aromatic N) is 1. The summed E-state index contributed by atoms with van der Waals surface area (Å²) in [7, 11) is 0. The second kappa shape index (κ2) is 4.92. The molecule has 19 heavy (non-hydrogen) atoms. The Labute approximate surface area is 110 Å². The highest BCUT2D eigenvalue weighted by molar-refractivity contribution is 5.46. The van der Waals surface area contributed by atoms with Crippen molar-refractivity contribution in [3.63, 3.8) is 0 Å². The van der Waals surface area contributed by atoms with Crippen molar-refractivity contribution in [2.45, 2.75) is 5.60 Å². The fourth-order valence-corrected chi connectivity index (χ4v) is 1.84. The standard InChI is InChI=1S/C15H11NO3/c1-2-15(17,12-6-4-3-5-7-12)13-8-10-14(11-9-13)16(18)19/h1,3-11,17H. The zero-order valence-electron chi connectivity index (χ0n) is 9.98. The topological polar surface area (TPSA) is 63.4 Å². The lowest BCUT2D eigenvalue weighted by Crippen LogP contribution is -2.24. The number of nitro benzene ring substituents is 1. The molecule has 4 heteroatoms. The van der Waals surface area contributed by atoms with Crippen molar-refractivity contribution in [2.75, 3.05) is 0 Å². The van der Waals surface area contributed by atoms with Gasteiger partial charge < -0.3 is 5.11 Å². The van der Waals surface area contributed by atoms with E-state index in [1.165, 1.54) is 24.3 Å². The second-order valence-electron chi connectivity index (χ2n) is 4.02. The molecule has 0 heterocycles. The van der Waals surface area contributed by atoms with E-state index in [1.807, 2.05) is 6.07 Å². The fraction of sp³-hybridized carbons (Fsp3) is 0.0667. The smallest absolute Gasteiger partial charge is 0.269 e. The third-order valence-electron chi connectivity index (χ3n) is 2.90. The highest BCUT2D eigenvalue weighted by atomic mass is 16.6. The van der Waals surface area contributed by atoms with Gasteiger partial charge in [0.1, 0.15) is 0 Å². The number of benzene rings is 2. The van der Waals surface area contributed by atoms with Gasteiger partial charge in [-0.2, -0.15) is 0 Å². The molecule has 0 spiro atoms. The van der Waals surface area contributed by atoms with Gasteiger partial charge >= 0.3 is 0 Å². The summed E-state index contributed by atoms with van der Waals surface area (Å²) in [6.45, 7) is 0. The van der Waals surface area contributed by atoms with Crippen molar-refractivity contribution in [3.05, 3.63) is 75.8 Å². The Bertz CT molecular complexity index is 629. The fourth-order valence-electron chi connectivity index (χ4n) is 1.84. The van der Waals surface area contributed by atoms with E-state index in [1.54, 1.807) is 24.3 Å². The third kappa shape index (κ3) is 2.32. The lowest BCUT2D eigenvalue weighted by atomic mass is 9.87. The minimum Gasteiger partial charge on any atom is -0.369 e. The predicted molar refractivity (Wildman–Crippen MR) is 71.4 cm³/mol. The minimum absolute atomic E-state index is 0.0452. The molecule has 1 N–H and O–H groups in total. The Balaban J connectivity index is 2.48. The highest BCUT2D eigenvalue weighted by Gasteiger charge is 2.29. The van der Waals surface area contributed by atoms with Crippen LogP contribution in [0, 0.1) is 22.5 Å². The van der Waals surface area contributed by atoms with Gasteiger partial charge in [0.05, 0.1) is 4.92 Å². The molecule has 2 aromatic rings. The first-order valence-corrected chi connectivity index (χ1v) is 5.58. The van der Waals surface area contributed by atoms with Gasteiger partial charge in [0, 0.05) is 23.3 Å². The van der Waals surface area contributed by atoms with Gasteiger partial charge in [0.25, 0.3) is 5.69 Å². The molecule has 0 bridgehead atoms. The molecule has 0 radical (unpaired) electrons. The Morgan fingerprint density at radius 1 is 1.05 bits per heavy atom. The van der Waals surface area contributed by atoms with Crippen LogP contribution < -0.4 is 0 Å². The van der Waals surface area contributed by atoms with Crippen LogP contribution in [0.2, 0.25) is 0 Å². The van der Waals surface area contributed by atoms with Gasteiger partial charge in [0.2, 0.25) is 0 Å². The molecular formula is C15H11NO3. The Morgan fingerprint density at radius 2 is 1.58 bits per heavy atom. The van der Waals surface area contributed by atoms with Crippen molar-refractivity contribution in [3.8, 4) is 12.3 Å². The number of hydrogen-bond donors (Lipinski definition) is 1. The second-order valence-corrected chi connectivity index (χ2v) is 4.02. The van der Waals surface area contributed by atoms with E-state index in [9.17, 15) is 15.2 Å². The molecule has 0 amide bonds. The normalized spacial score (nSPS) is 13.3. The van der Waals surface area contributed by atoms with E-state index in [4.69, 9.17) is 6.42 Å². The van der Waals surface area contributed by atoms with E-state index < -0.39 is 10.5 Å². The Kier molecular flexibility index (Phi) is 3.32. The predicted octanol–water partition coefficient (Wildman–Crippen LogP) is 2.46. The monoisotopic (exact) mass is 253 g/mol. The maximum atomic E-state index is 10.6. The molecule has 0 saturated heterocycles. The summed E-state index contributed by atoms with van der Waals surface area (Å²) in [6, 6.07) is 14.3. The van der Waals surface area contributed by atoms with Crippen LogP contribution in [0.3, 0.4) is 0 Å². The number of terminal acetylenes is 1. The maximum absolute atomic E-state index is 10.6. The van der Waals surface area contributed by atoms with Gasteiger partial charge in [-0.3, -0.25) is 10.1 Å². The molecule has 1 unspecified atom stereocenters. The number of hydrogen-bond acceptors (Lipinski definition) is 3. The first-order valence-electron chi connectivity index (χ1n) is 5.58. The molecule has 0 aliphatic rings. The number of rotatable bonds is 3. The van der Waals surface area contributed by atoms with Crippen molar-refractivity contribution in [1.29, 1.82) is 0 Å². The average molecular weight is 253 g/mol. The van der Waals surface area contributed by atoms with Gasteiger partial charge in [0.15, 0.2) is 5.60 Å². The van der Waals surface area contributed by atoms with Gasteiger partial charge in [-0.15, -0.1) is 6.42 Å². The van der Waals surface area contributed by atoms with Crippen LogP contribution in [0.5, 0.6) is 0 Å². The summed E-state index contributed by atoms with van der Waals surface area (Å²) in [5.41, 5.74) is -0.662. The zero-order valence-corrected chi connectivity index (χ0v) is 9.98. The molecule has 1 atom stereocenters. The number of nitro groups is 1. The molecule has 0 aliphatic heterocycles. The molecule has 0 aromatic heterocycles. The third-order valence-corrected chi connectivity index (χ3v) is 2.90. The van der Waals surface area contributed by atoms with Gasteiger partial charge in [-0.1, -0.05) is 36.3 Å². The van der Waals surface area contributed by atoms with Crippen molar-refractivity contribution >= 4 is 5.69 Å². The van der Waals surface area contributed by atoms with Crippen LogP contribution in [-0.2, 0) is 5.60 Å². The quantitative estimate of drug-likeness (QED) is 0.519. The number of non-ortho nitro benzene ring substituents is 1. The summed E-state index contributed by atoms with van der Waals surface area (Å²) in [5, 5.41) is 21.2. The summed E-state index contributed by atoms with van der Waals surface area (Å²) >= 11 is 0. The first-order chi connectivity index (χ1) is 9.08. The van der Waals surface area contributed by atoms with E-state index in [0.29, 0.717) is 11.1 Å². The lowest BCUT2D eigenvalue weighted by molar-refractivity contribution is -0.384. The van der Waals surface area contributed by atoms with Gasteiger partial charge in [-0.05, 0) is 12.1 Å². The minimum atomic E-state index is -1.59. The number of aliphatic hydroxyl groups is 1. The maximum Gasteiger partial charge on any atom is 0.269 e. The van der Waals surface area contributed by atoms with E-state index in [-0.39, 0.29) is 5.69 Å². The van der Waals surface area contributed by atoms with Crippen molar-refractivity contribution < 1.29 is 10.0 Å².